The Kier molecular flexibility index (Phi) is 3.48. The van der Waals surface area contributed by atoms with Gasteiger partial charge in [0.25, 0.3) is 7.48 Å². The minimum atomic E-state index is 0.654. The molecule has 3 aliphatic heterocycles. The van der Waals surface area contributed by atoms with Gasteiger partial charge in [0.2, 0.25) is 0 Å². The number of rotatable bonds is 4. The van der Waals surface area contributed by atoms with Crippen molar-refractivity contribution >= 4 is 7.48 Å². The summed E-state index contributed by atoms with van der Waals surface area (Å²) in [5, 5.41) is 0. The molecule has 2 nitrogen and oxygen atoms in total. The molecule has 0 spiro atoms. The standard InChI is InChI=1S/C14H19BNO/c1-2-4-12(5-3-1)11-17-15-14-10-16-8-6-13(14)7-9-16/h1-5,13-14H,6-11H2/t14-/m0/s1. The summed E-state index contributed by atoms with van der Waals surface area (Å²) in [4.78, 5) is 2.56. The van der Waals surface area contributed by atoms with Crippen LogP contribution in [0.25, 0.3) is 0 Å². The van der Waals surface area contributed by atoms with Crippen LogP contribution >= 0.6 is 0 Å². The van der Waals surface area contributed by atoms with E-state index in [0.29, 0.717) is 12.4 Å². The molecule has 3 saturated heterocycles. The van der Waals surface area contributed by atoms with E-state index in [0.717, 1.165) is 5.92 Å². The Bertz CT molecular complexity index is 348. The Morgan fingerprint density at radius 1 is 1.18 bits per heavy atom. The highest BCUT2D eigenvalue weighted by Crippen LogP contribution is 2.35. The van der Waals surface area contributed by atoms with Crippen LogP contribution in [0.15, 0.2) is 30.3 Å². The summed E-state index contributed by atoms with van der Waals surface area (Å²) in [6.45, 7) is 4.52. The molecule has 3 fully saturated rings. The fraction of sp³-hybridized carbons (Fsp3) is 0.571. The van der Waals surface area contributed by atoms with Crippen molar-refractivity contribution in [1.82, 2.24) is 4.90 Å². The van der Waals surface area contributed by atoms with Crippen molar-refractivity contribution in [3.05, 3.63) is 35.9 Å². The van der Waals surface area contributed by atoms with Gasteiger partial charge in [0, 0.05) is 0 Å². The topological polar surface area (TPSA) is 12.5 Å². The van der Waals surface area contributed by atoms with Gasteiger partial charge in [0.15, 0.2) is 0 Å². The molecule has 0 aliphatic carbocycles. The van der Waals surface area contributed by atoms with Crippen LogP contribution in [0.3, 0.4) is 0 Å². The van der Waals surface area contributed by atoms with Gasteiger partial charge >= 0.3 is 0 Å². The molecule has 89 valence electrons. The fourth-order valence-corrected chi connectivity index (χ4v) is 3.01. The molecular formula is C14H19BNO. The normalized spacial score (nSPS) is 31.4. The van der Waals surface area contributed by atoms with E-state index in [1.54, 1.807) is 0 Å². The van der Waals surface area contributed by atoms with Crippen molar-refractivity contribution in [2.24, 2.45) is 5.92 Å². The van der Waals surface area contributed by atoms with Crippen LogP contribution in [0.4, 0.5) is 0 Å². The van der Waals surface area contributed by atoms with Crippen LogP contribution in [0, 0.1) is 5.92 Å². The number of hydrogen-bond acceptors (Lipinski definition) is 2. The van der Waals surface area contributed by atoms with Gasteiger partial charge in [-0.3, -0.25) is 0 Å². The largest absolute Gasteiger partial charge is 0.436 e. The maximum Gasteiger partial charge on any atom is 0.297 e. The third kappa shape index (κ3) is 2.72. The van der Waals surface area contributed by atoms with Crippen molar-refractivity contribution in [1.29, 1.82) is 0 Å². The van der Waals surface area contributed by atoms with Crippen molar-refractivity contribution < 1.29 is 4.65 Å². The minimum Gasteiger partial charge on any atom is -0.436 e. The molecule has 1 aromatic carbocycles. The molecule has 0 aromatic heterocycles. The Morgan fingerprint density at radius 3 is 2.59 bits per heavy atom. The van der Waals surface area contributed by atoms with E-state index in [-0.39, 0.29) is 0 Å². The Hall–Kier alpha value is -0.795. The van der Waals surface area contributed by atoms with Crippen molar-refractivity contribution in [2.45, 2.75) is 25.3 Å². The number of hydrogen-bond donors (Lipinski definition) is 0. The predicted octanol–water partition coefficient (Wildman–Crippen LogP) is 2.34. The Labute approximate surface area is 104 Å². The first-order chi connectivity index (χ1) is 8.42. The lowest BCUT2D eigenvalue weighted by molar-refractivity contribution is 0.104. The second-order valence-electron chi connectivity index (χ2n) is 5.23. The zero-order valence-corrected chi connectivity index (χ0v) is 10.2. The maximum atomic E-state index is 5.76. The first-order valence-electron chi connectivity index (χ1n) is 6.63. The molecule has 0 amide bonds. The summed E-state index contributed by atoms with van der Waals surface area (Å²) >= 11 is 0. The molecule has 0 saturated carbocycles. The van der Waals surface area contributed by atoms with Crippen molar-refractivity contribution in [2.75, 3.05) is 19.6 Å². The fourth-order valence-electron chi connectivity index (χ4n) is 3.01. The lowest BCUT2D eigenvalue weighted by Crippen LogP contribution is -2.46. The summed E-state index contributed by atoms with van der Waals surface area (Å²) in [7, 11) is 2.10. The Balaban J connectivity index is 1.46. The van der Waals surface area contributed by atoms with E-state index in [1.807, 2.05) is 6.07 Å². The molecule has 0 unspecified atom stereocenters. The highest BCUT2D eigenvalue weighted by molar-refractivity contribution is 6.29. The maximum absolute atomic E-state index is 5.76. The number of benzene rings is 1. The second-order valence-corrected chi connectivity index (χ2v) is 5.23. The van der Waals surface area contributed by atoms with Crippen LogP contribution < -0.4 is 0 Å². The van der Waals surface area contributed by atoms with E-state index < -0.39 is 0 Å². The van der Waals surface area contributed by atoms with Crippen molar-refractivity contribution in [3.8, 4) is 0 Å². The van der Waals surface area contributed by atoms with Gasteiger partial charge < -0.3 is 9.55 Å². The highest BCUT2D eigenvalue weighted by atomic mass is 16.4. The first-order valence-corrected chi connectivity index (χ1v) is 6.63. The summed E-state index contributed by atoms with van der Waals surface area (Å²) in [5.74, 6) is 1.52. The van der Waals surface area contributed by atoms with Gasteiger partial charge in [-0.1, -0.05) is 30.3 Å². The molecule has 4 rings (SSSR count). The average Bonchev–Trinajstić information content (AvgIpc) is 2.41. The quantitative estimate of drug-likeness (QED) is 0.733. The summed E-state index contributed by atoms with van der Waals surface area (Å²) < 4.78 is 5.76. The molecule has 3 heteroatoms. The molecule has 0 N–H and O–H groups in total. The van der Waals surface area contributed by atoms with Crippen LogP contribution in [0.1, 0.15) is 18.4 Å². The second kappa shape index (κ2) is 5.24. The van der Waals surface area contributed by atoms with E-state index in [2.05, 4.69) is 36.6 Å². The smallest absolute Gasteiger partial charge is 0.297 e. The predicted molar refractivity (Wildman–Crippen MR) is 69.9 cm³/mol. The number of piperidine rings is 3. The zero-order valence-electron chi connectivity index (χ0n) is 10.2. The molecule has 1 atom stereocenters. The lowest BCUT2D eigenvalue weighted by atomic mass is 9.64. The van der Waals surface area contributed by atoms with Crippen LogP contribution in [0.5, 0.6) is 0 Å². The third-order valence-electron chi connectivity index (χ3n) is 4.07. The monoisotopic (exact) mass is 228 g/mol. The molecule has 3 aliphatic rings. The van der Waals surface area contributed by atoms with Gasteiger partial charge in [-0.05, 0) is 49.8 Å². The molecular weight excluding hydrogens is 209 g/mol. The third-order valence-corrected chi connectivity index (χ3v) is 4.07. The molecule has 2 bridgehead atoms. The zero-order chi connectivity index (χ0) is 11.5. The first kappa shape index (κ1) is 11.3. The van der Waals surface area contributed by atoms with E-state index in [4.69, 9.17) is 4.65 Å². The van der Waals surface area contributed by atoms with Gasteiger partial charge in [-0.15, -0.1) is 0 Å². The van der Waals surface area contributed by atoms with E-state index in [9.17, 15) is 0 Å². The number of nitrogens with zero attached hydrogens (tertiary/aromatic N) is 1. The summed E-state index contributed by atoms with van der Waals surface area (Å²) in [5.41, 5.74) is 1.25. The molecule has 1 radical (unpaired) electrons. The van der Waals surface area contributed by atoms with Crippen LogP contribution in [-0.4, -0.2) is 32.0 Å². The van der Waals surface area contributed by atoms with Gasteiger partial charge in [-0.25, -0.2) is 0 Å². The Morgan fingerprint density at radius 2 is 1.94 bits per heavy atom. The van der Waals surface area contributed by atoms with Crippen molar-refractivity contribution in [3.63, 3.8) is 0 Å². The average molecular weight is 228 g/mol. The molecule has 3 heterocycles. The molecule has 1 aromatic rings. The minimum absolute atomic E-state index is 0.654. The van der Waals surface area contributed by atoms with Gasteiger partial charge in [-0.2, -0.15) is 0 Å². The SMILES string of the molecule is [B](OCc1ccccc1)[C@H]1CN2CCC1CC2. The lowest BCUT2D eigenvalue weighted by Gasteiger charge is -2.44. The van der Waals surface area contributed by atoms with Gasteiger partial charge in [0.05, 0.1) is 6.61 Å². The molecule has 17 heavy (non-hydrogen) atoms. The van der Waals surface area contributed by atoms with E-state index >= 15 is 0 Å². The van der Waals surface area contributed by atoms with E-state index in [1.165, 1.54) is 38.0 Å². The van der Waals surface area contributed by atoms with Crippen LogP contribution in [-0.2, 0) is 11.3 Å². The summed E-state index contributed by atoms with van der Waals surface area (Å²) in [6, 6.07) is 10.4. The highest BCUT2D eigenvalue weighted by Gasteiger charge is 2.34. The van der Waals surface area contributed by atoms with Gasteiger partial charge in [0.1, 0.15) is 0 Å². The number of fused-ring (bicyclic) bond motifs is 3. The summed E-state index contributed by atoms with van der Waals surface area (Å²) in [6.07, 6.45) is 2.71. The van der Waals surface area contributed by atoms with Crippen LogP contribution in [0.2, 0.25) is 5.82 Å².